The van der Waals surface area contributed by atoms with E-state index in [4.69, 9.17) is 9.84 Å². The van der Waals surface area contributed by atoms with Crippen molar-refractivity contribution in [2.24, 2.45) is 23.7 Å². The van der Waals surface area contributed by atoms with E-state index in [9.17, 15) is 24.9 Å². The predicted molar refractivity (Wildman–Crippen MR) is 119 cm³/mol. The summed E-state index contributed by atoms with van der Waals surface area (Å²) < 4.78 is 5.84. The van der Waals surface area contributed by atoms with Gasteiger partial charge in [-0.1, -0.05) is 39.0 Å². The second-order valence-corrected chi connectivity index (χ2v) is 8.88. The Morgan fingerprint density at radius 1 is 1.26 bits per heavy atom. The van der Waals surface area contributed by atoms with Gasteiger partial charge in [-0.15, -0.1) is 0 Å². The van der Waals surface area contributed by atoms with Gasteiger partial charge in [-0.2, -0.15) is 0 Å². The van der Waals surface area contributed by atoms with Crippen LogP contribution in [0.15, 0.2) is 23.8 Å². The number of hydrogen-bond donors (Lipinski definition) is 4. The second kappa shape index (κ2) is 13.1. The molecule has 0 saturated carbocycles. The van der Waals surface area contributed by atoms with Crippen LogP contribution in [0.5, 0.6) is 0 Å². The monoisotopic (exact) mass is 448 g/mol. The summed E-state index contributed by atoms with van der Waals surface area (Å²) in [7, 11) is 0. The Morgan fingerprint density at radius 3 is 2.55 bits per heavy atom. The van der Waals surface area contributed by atoms with Gasteiger partial charge in [0.2, 0.25) is 0 Å². The van der Waals surface area contributed by atoms with Gasteiger partial charge in [0.25, 0.3) is 0 Å². The molecule has 172 valence electrons. The van der Waals surface area contributed by atoms with Crippen LogP contribution < -0.4 is 0 Å². The van der Waals surface area contributed by atoms with E-state index in [1.807, 2.05) is 26.0 Å². The Hall–Kier alpha value is -0.700. The number of carbonyl (C=O) groups excluding carboxylic acids is 1. The molecule has 2 rings (SSSR count). The molecule has 31 heavy (non-hydrogen) atoms. The molecule has 0 aromatic carbocycles. The molecule has 4 N–H and O–H groups in total. The van der Waals surface area contributed by atoms with Crippen LogP contribution in [-0.4, -0.2) is 86.3 Å². The van der Waals surface area contributed by atoms with E-state index < -0.39 is 30.4 Å². The Labute approximate surface area is 206 Å². The SMILES string of the molecule is CCC(C)C(=O)O[C@H]1C[C@H](O)C=C2C=C[C@H](C)[C@H](CCC(O)CC(O)CC(=O)O)[C@H]21.[NaH]. The van der Waals surface area contributed by atoms with Crippen molar-refractivity contribution in [1.29, 1.82) is 0 Å². The van der Waals surface area contributed by atoms with Crippen LogP contribution in [0.25, 0.3) is 0 Å². The van der Waals surface area contributed by atoms with Crippen molar-refractivity contribution >= 4 is 41.5 Å². The molecule has 8 atom stereocenters. The third kappa shape index (κ3) is 8.30. The Kier molecular flexibility index (Phi) is 12.0. The minimum atomic E-state index is -1.10. The van der Waals surface area contributed by atoms with Crippen LogP contribution in [0.3, 0.4) is 0 Å². The summed E-state index contributed by atoms with van der Waals surface area (Å²) in [5, 5.41) is 39.1. The first-order valence-electron chi connectivity index (χ1n) is 11.0. The fourth-order valence-corrected chi connectivity index (χ4v) is 4.52. The molecular weight excluding hydrogens is 411 g/mol. The molecule has 0 bridgehead atoms. The molecule has 0 amide bonds. The van der Waals surface area contributed by atoms with Gasteiger partial charge in [-0.25, -0.2) is 0 Å². The number of ether oxygens (including phenoxy) is 1. The molecule has 2 aliphatic rings. The van der Waals surface area contributed by atoms with Crippen molar-refractivity contribution in [2.45, 2.75) is 83.7 Å². The summed E-state index contributed by atoms with van der Waals surface area (Å²) in [6.07, 6.45) is 4.64. The number of rotatable bonds is 10. The van der Waals surface area contributed by atoms with Crippen molar-refractivity contribution in [1.82, 2.24) is 0 Å². The summed E-state index contributed by atoms with van der Waals surface area (Å²) in [4.78, 5) is 23.1. The van der Waals surface area contributed by atoms with Crippen molar-refractivity contribution in [3.63, 3.8) is 0 Å². The zero-order valence-electron chi connectivity index (χ0n) is 18.1. The summed E-state index contributed by atoms with van der Waals surface area (Å²) in [5.74, 6) is -1.31. The van der Waals surface area contributed by atoms with Crippen molar-refractivity contribution < 1.29 is 34.8 Å². The standard InChI is InChI=1S/C23H36O7.Na.H/c1-4-13(2)23(29)30-20-11-17(25)9-15-6-5-14(3)19(22(15)20)8-7-16(24)10-18(26)12-21(27)28;;/h5-6,9,13-14,16-20,22,24-26H,4,7-8,10-12H2,1-3H3,(H,27,28);;/t13?,14-,16?,17+,18?,19-,20-,22-;;/m0../s1. The van der Waals surface area contributed by atoms with Gasteiger partial charge in [0.1, 0.15) is 6.10 Å². The molecule has 0 aromatic heterocycles. The molecule has 0 saturated heterocycles. The first-order valence-corrected chi connectivity index (χ1v) is 11.0. The normalized spacial score (nSPS) is 30.3. The van der Waals surface area contributed by atoms with Crippen LogP contribution in [0.4, 0.5) is 0 Å². The molecule has 7 nitrogen and oxygen atoms in total. The number of esters is 1. The molecule has 3 unspecified atom stereocenters. The molecule has 0 spiro atoms. The molecule has 0 radical (unpaired) electrons. The average Bonchev–Trinajstić information content (AvgIpc) is 2.65. The van der Waals surface area contributed by atoms with E-state index in [1.54, 1.807) is 0 Å². The summed E-state index contributed by atoms with van der Waals surface area (Å²) in [5.41, 5.74) is 0.958. The van der Waals surface area contributed by atoms with Crippen molar-refractivity contribution in [3.8, 4) is 0 Å². The van der Waals surface area contributed by atoms with Gasteiger partial charge in [-0.05, 0) is 43.1 Å². The Morgan fingerprint density at radius 2 is 1.94 bits per heavy atom. The number of hydrogen-bond acceptors (Lipinski definition) is 6. The van der Waals surface area contributed by atoms with E-state index >= 15 is 0 Å². The zero-order valence-corrected chi connectivity index (χ0v) is 18.1. The quantitative estimate of drug-likeness (QED) is 0.297. The van der Waals surface area contributed by atoms with Crippen LogP contribution in [0.1, 0.15) is 59.3 Å². The van der Waals surface area contributed by atoms with Crippen LogP contribution in [-0.2, 0) is 14.3 Å². The van der Waals surface area contributed by atoms with Gasteiger partial charge in [0.15, 0.2) is 0 Å². The molecule has 0 aromatic rings. The van der Waals surface area contributed by atoms with Gasteiger partial charge in [0.05, 0.1) is 30.7 Å². The topological polar surface area (TPSA) is 124 Å². The zero-order chi connectivity index (χ0) is 22.4. The van der Waals surface area contributed by atoms with Crippen LogP contribution in [0.2, 0.25) is 0 Å². The predicted octanol–water partition coefficient (Wildman–Crippen LogP) is 1.79. The molecular formula is C23H37NaO7. The number of aliphatic hydroxyl groups is 3. The minimum absolute atomic E-state index is 0. The fourth-order valence-electron chi connectivity index (χ4n) is 4.52. The van der Waals surface area contributed by atoms with Crippen LogP contribution >= 0.6 is 0 Å². The first kappa shape index (κ1) is 28.3. The fraction of sp³-hybridized carbons (Fsp3) is 0.739. The van der Waals surface area contributed by atoms with E-state index in [0.717, 1.165) is 5.57 Å². The summed E-state index contributed by atoms with van der Waals surface area (Å²) in [6, 6.07) is 0. The van der Waals surface area contributed by atoms with Gasteiger partial charge >= 0.3 is 41.5 Å². The van der Waals surface area contributed by atoms with E-state index in [-0.39, 0.29) is 72.0 Å². The number of fused-ring (bicyclic) bond motifs is 1. The van der Waals surface area contributed by atoms with E-state index in [2.05, 4.69) is 13.0 Å². The number of carboxylic acids is 1. The van der Waals surface area contributed by atoms with E-state index in [0.29, 0.717) is 25.7 Å². The van der Waals surface area contributed by atoms with Gasteiger partial charge in [0, 0.05) is 12.3 Å². The number of aliphatic carboxylic acids is 1. The maximum atomic E-state index is 12.4. The molecule has 2 aliphatic carbocycles. The number of allylic oxidation sites excluding steroid dienone is 2. The average molecular weight is 449 g/mol. The Bertz CT molecular complexity index is 662. The number of carbonyl (C=O) groups is 2. The first-order chi connectivity index (χ1) is 14.1. The maximum absolute atomic E-state index is 12.4. The van der Waals surface area contributed by atoms with Crippen molar-refractivity contribution in [3.05, 3.63) is 23.8 Å². The molecule has 0 fully saturated rings. The van der Waals surface area contributed by atoms with Gasteiger partial charge in [-0.3, -0.25) is 9.59 Å². The summed E-state index contributed by atoms with van der Waals surface area (Å²) >= 11 is 0. The Balaban J connectivity index is 0.00000480. The molecule has 0 aliphatic heterocycles. The molecule has 0 heterocycles. The number of carboxylic acid groups (broad SMARTS) is 1. The van der Waals surface area contributed by atoms with Gasteiger partial charge < -0.3 is 25.2 Å². The van der Waals surface area contributed by atoms with Crippen LogP contribution in [0, 0.1) is 23.7 Å². The van der Waals surface area contributed by atoms with E-state index in [1.165, 1.54) is 0 Å². The molecule has 8 heteroatoms. The second-order valence-electron chi connectivity index (χ2n) is 8.88. The van der Waals surface area contributed by atoms with Crippen molar-refractivity contribution in [2.75, 3.05) is 0 Å². The third-order valence-electron chi connectivity index (χ3n) is 6.44. The number of aliphatic hydroxyl groups excluding tert-OH is 3. The third-order valence-corrected chi connectivity index (χ3v) is 6.44. The summed E-state index contributed by atoms with van der Waals surface area (Å²) in [6.45, 7) is 5.85.